The fourth-order valence-electron chi connectivity index (χ4n) is 3.18. The quantitative estimate of drug-likeness (QED) is 0.494. The number of nitrogens with zero attached hydrogens (tertiary/aromatic N) is 5. The van der Waals surface area contributed by atoms with E-state index >= 15 is 0 Å². The van der Waals surface area contributed by atoms with E-state index in [1.165, 1.54) is 22.9 Å². The van der Waals surface area contributed by atoms with Gasteiger partial charge in [0.05, 0.1) is 23.2 Å². The molecule has 0 aliphatic heterocycles. The summed E-state index contributed by atoms with van der Waals surface area (Å²) in [6, 6.07) is 4.32. The van der Waals surface area contributed by atoms with Gasteiger partial charge < -0.3 is 4.57 Å². The number of nitro groups is 1. The Labute approximate surface area is 160 Å². The number of hydrogen-bond donors (Lipinski definition) is 0. The summed E-state index contributed by atoms with van der Waals surface area (Å²) >= 11 is 6.16. The van der Waals surface area contributed by atoms with Gasteiger partial charge in [0.15, 0.2) is 0 Å². The first kappa shape index (κ1) is 19.1. The van der Waals surface area contributed by atoms with Crippen LogP contribution in [0.3, 0.4) is 0 Å². The zero-order valence-corrected chi connectivity index (χ0v) is 16.3. The maximum Gasteiger partial charge on any atom is 0.277 e. The highest BCUT2D eigenvalue weighted by molar-refractivity contribution is 6.31. The number of nitro benzene ring substituents is 1. The van der Waals surface area contributed by atoms with Crippen molar-refractivity contribution < 1.29 is 4.92 Å². The molecule has 0 spiro atoms. The van der Waals surface area contributed by atoms with E-state index in [-0.39, 0.29) is 17.9 Å². The van der Waals surface area contributed by atoms with Crippen LogP contribution in [0.2, 0.25) is 5.02 Å². The molecule has 3 rings (SSSR count). The van der Waals surface area contributed by atoms with Crippen molar-refractivity contribution in [3.05, 3.63) is 66.8 Å². The Balaban J connectivity index is 1.89. The zero-order chi connectivity index (χ0) is 19.9. The second kappa shape index (κ2) is 7.13. The molecule has 8 nitrogen and oxygen atoms in total. The first-order valence-corrected chi connectivity index (χ1v) is 8.71. The maximum absolute atomic E-state index is 12.9. The molecule has 27 heavy (non-hydrogen) atoms. The molecule has 142 valence electrons. The first-order chi connectivity index (χ1) is 12.7. The molecule has 9 heteroatoms. The molecule has 3 aromatic rings. The highest BCUT2D eigenvalue weighted by atomic mass is 35.5. The molecule has 0 N–H and O–H groups in total. The second-order valence-electron chi connectivity index (χ2n) is 6.66. The van der Waals surface area contributed by atoms with E-state index in [2.05, 4.69) is 5.10 Å². The lowest BCUT2D eigenvalue weighted by molar-refractivity contribution is -0.384. The monoisotopic (exact) mass is 389 g/mol. The molecule has 0 saturated heterocycles. The lowest BCUT2D eigenvalue weighted by Gasteiger charge is -2.18. The van der Waals surface area contributed by atoms with Crippen LogP contribution in [0.4, 0.5) is 5.69 Å². The van der Waals surface area contributed by atoms with Gasteiger partial charge in [0, 0.05) is 47.5 Å². The summed E-state index contributed by atoms with van der Waals surface area (Å²) in [4.78, 5) is 25.2. The van der Waals surface area contributed by atoms with Crippen LogP contribution in [-0.4, -0.2) is 31.2 Å². The molecule has 1 aromatic carbocycles. The van der Waals surface area contributed by atoms with Gasteiger partial charge in [0.1, 0.15) is 0 Å². The van der Waals surface area contributed by atoms with Crippen LogP contribution in [-0.2, 0) is 20.3 Å². The van der Waals surface area contributed by atoms with Crippen molar-refractivity contribution in [2.45, 2.75) is 27.1 Å². The predicted molar refractivity (Wildman–Crippen MR) is 104 cm³/mol. The fraction of sp³-hybridized carbons (Fsp3) is 0.333. The smallest absolute Gasteiger partial charge is 0.277 e. The molecule has 0 atom stereocenters. The third kappa shape index (κ3) is 3.45. The molecule has 0 saturated carbocycles. The minimum Gasteiger partial charge on any atom is -0.351 e. The Kier molecular flexibility index (Phi) is 5.03. The zero-order valence-electron chi connectivity index (χ0n) is 15.6. The minimum absolute atomic E-state index is 0.0186. The standard InChI is InChI=1S/C18H20ClN5O3/c1-11-15-8-20-23(18(25)17(15)12(2)22(11)4)10-21(3)9-13-7-14(24(26)27)5-6-16(13)19/h5-8H,9-10H2,1-4H3. The summed E-state index contributed by atoms with van der Waals surface area (Å²) in [6.07, 6.45) is 1.70. The van der Waals surface area contributed by atoms with E-state index in [0.29, 0.717) is 22.5 Å². The van der Waals surface area contributed by atoms with Gasteiger partial charge in [-0.05, 0) is 32.5 Å². The highest BCUT2D eigenvalue weighted by Crippen LogP contribution is 2.23. The third-order valence-corrected chi connectivity index (χ3v) is 5.23. The Bertz CT molecular complexity index is 1100. The lowest BCUT2D eigenvalue weighted by atomic mass is 10.2. The van der Waals surface area contributed by atoms with Gasteiger partial charge in [-0.3, -0.25) is 19.8 Å². The van der Waals surface area contributed by atoms with Crippen LogP contribution in [0.15, 0.2) is 29.2 Å². The average molecular weight is 390 g/mol. The molecule has 0 fully saturated rings. The van der Waals surface area contributed by atoms with Crippen molar-refractivity contribution in [2.75, 3.05) is 7.05 Å². The predicted octanol–water partition coefficient (Wildman–Crippen LogP) is 3.00. The van der Waals surface area contributed by atoms with Gasteiger partial charge in [-0.25, -0.2) is 4.68 Å². The molecule has 0 unspecified atom stereocenters. The molecule has 2 heterocycles. The molecule has 0 bridgehead atoms. The van der Waals surface area contributed by atoms with Crippen molar-refractivity contribution in [3.63, 3.8) is 0 Å². The van der Waals surface area contributed by atoms with Crippen molar-refractivity contribution in [1.82, 2.24) is 19.2 Å². The molecule has 2 aromatic heterocycles. The summed E-state index contributed by atoms with van der Waals surface area (Å²) in [5.74, 6) is 0. The Hall–Kier alpha value is -2.71. The van der Waals surface area contributed by atoms with Crippen LogP contribution in [0.5, 0.6) is 0 Å². The Morgan fingerprint density at radius 1 is 1.30 bits per heavy atom. The SMILES string of the molecule is Cc1c2cnn(CN(C)Cc3cc([N+](=O)[O-])ccc3Cl)c(=O)c2c(C)n1C. The average Bonchev–Trinajstić information content (AvgIpc) is 2.83. The van der Waals surface area contributed by atoms with E-state index in [9.17, 15) is 14.9 Å². The van der Waals surface area contributed by atoms with Gasteiger partial charge in [0.2, 0.25) is 0 Å². The summed E-state index contributed by atoms with van der Waals surface area (Å²) in [7, 11) is 3.72. The molecule has 0 aliphatic carbocycles. The number of aromatic nitrogens is 3. The summed E-state index contributed by atoms with van der Waals surface area (Å²) in [5, 5.41) is 17.2. The number of fused-ring (bicyclic) bond motifs is 1. The van der Waals surface area contributed by atoms with Gasteiger partial charge in [0.25, 0.3) is 11.2 Å². The summed E-state index contributed by atoms with van der Waals surface area (Å²) in [5.41, 5.74) is 2.33. The molecule has 0 amide bonds. The van der Waals surface area contributed by atoms with Crippen molar-refractivity contribution in [2.24, 2.45) is 7.05 Å². The van der Waals surface area contributed by atoms with Crippen molar-refractivity contribution in [3.8, 4) is 0 Å². The number of halogens is 1. The number of rotatable bonds is 5. The van der Waals surface area contributed by atoms with Crippen molar-refractivity contribution >= 4 is 28.1 Å². The number of benzene rings is 1. The normalized spacial score (nSPS) is 11.5. The van der Waals surface area contributed by atoms with Gasteiger partial charge >= 0.3 is 0 Å². The summed E-state index contributed by atoms with van der Waals surface area (Å²) < 4.78 is 3.37. The topological polar surface area (TPSA) is 86.2 Å². The fourth-order valence-corrected chi connectivity index (χ4v) is 3.36. The maximum atomic E-state index is 12.9. The Morgan fingerprint density at radius 3 is 2.67 bits per heavy atom. The molecule has 0 aliphatic rings. The largest absolute Gasteiger partial charge is 0.351 e. The number of aryl methyl sites for hydroxylation is 2. The molecule has 0 radical (unpaired) electrons. The lowest BCUT2D eigenvalue weighted by Crippen LogP contribution is -2.31. The number of hydrogen-bond acceptors (Lipinski definition) is 5. The minimum atomic E-state index is -0.458. The van der Waals surface area contributed by atoms with Crippen LogP contribution in [0.1, 0.15) is 17.0 Å². The van der Waals surface area contributed by atoms with Crippen LogP contribution >= 0.6 is 11.6 Å². The summed E-state index contributed by atoms with van der Waals surface area (Å²) in [6.45, 7) is 4.45. The van der Waals surface area contributed by atoms with Gasteiger partial charge in [-0.2, -0.15) is 5.10 Å². The third-order valence-electron chi connectivity index (χ3n) is 4.86. The molecular formula is C18H20ClN5O3. The Morgan fingerprint density at radius 2 is 2.00 bits per heavy atom. The van der Waals surface area contributed by atoms with Gasteiger partial charge in [-0.15, -0.1) is 0 Å². The second-order valence-corrected chi connectivity index (χ2v) is 7.06. The van der Waals surface area contributed by atoms with E-state index in [1.54, 1.807) is 13.2 Å². The highest BCUT2D eigenvalue weighted by Gasteiger charge is 2.16. The van der Waals surface area contributed by atoms with E-state index < -0.39 is 4.92 Å². The van der Waals surface area contributed by atoms with E-state index in [4.69, 9.17) is 11.6 Å². The van der Waals surface area contributed by atoms with Crippen LogP contribution < -0.4 is 5.56 Å². The number of non-ortho nitro benzene ring substituents is 1. The first-order valence-electron chi connectivity index (χ1n) is 8.33. The van der Waals surface area contributed by atoms with Crippen LogP contribution in [0, 0.1) is 24.0 Å². The van der Waals surface area contributed by atoms with E-state index in [0.717, 1.165) is 16.8 Å². The van der Waals surface area contributed by atoms with E-state index in [1.807, 2.05) is 30.4 Å². The van der Waals surface area contributed by atoms with Crippen LogP contribution in [0.25, 0.3) is 10.8 Å². The van der Waals surface area contributed by atoms with Crippen molar-refractivity contribution in [1.29, 1.82) is 0 Å². The van der Waals surface area contributed by atoms with Gasteiger partial charge in [-0.1, -0.05) is 11.6 Å². The molecular weight excluding hydrogens is 370 g/mol.